The summed E-state index contributed by atoms with van der Waals surface area (Å²) in [5, 5.41) is 7.68. The molecule has 3 N–H and O–H groups in total. The number of nitrogens with one attached hydrogen (secondary N) is 1. The maximum Gasteiger partial charge on any atom is 0.312 e. The molecule has 0 atom stereocenters. The first-order valence-corrected chi connectivity index (χ1v) is 10.1. The molecule has 0 saturated heterocycles. The molecule has 2 amide bonds. The van der Waals surface area contributed by atoms with Crippen LogP contribution in [0.25, 0.3) is 11.0 Å². The Hall–Kier alpha value is -3.20. The molecule has 1 aliphatic carbocycles. The number of nitrogens with zero attached hydrogens (tertiary/aromatic N) is 1. The van der Waals surface area contributed by atoms with Gasteiger partial charge in [-0.3, -0.25) is 14.4 Å². The fraction of sp³-hybridized carbons (Fsp3) is 0.300. The van der Waals surface area contributed by atoms with Gasteiger partial charge in [-0.15, -0.1) is 11.3 Å². The number of para-hydroxylation sites is 1. The zero-order chi connectivity index (χ0) is 20.4. The summed E-state index contributed by atoms with van der Waals surface area (Å²) in [6, 6.07) is 7.17. The summed E-state index contributed by atoms with van der Waals surface area (Å²) in [6.07, 6.45) is 3.58. The molecule has 1 aromatic carbocycles. The number of aromatic nitrogens is 1. The number of hydrogen-bond acceptors (Lipinski definition) is 7. The highest BCUT2D eigenvalue weighted by Crippen LogP contribution is 2.37. The molecule has 0 unspecified atom stereocenters. The van der Waals surface area contributed by atoms with Crippen molar-refractivity contribution in [2.45, 2.75) is 32.1 Å². The fourth-order valence-corrected chi connectivity index (χ4v) is 4.79. The number of rotatable bonds is 6. The average molecular weight is 413 g/mol. The van der Waals surface area contributed by atoms with Crippen LogP contribution in [0, 0.1) is 0 Å². The van der Waals surface area contributed by atoms with Crippen molar-refractivity contribution in [2.75, 3.05) is 11.9 Å². The molecule has 3 aromatic rings. The number of carbonyl (C=O) groups is 3. The SMILES string of the molecule is NC(=O)c1c(NC(=O)COC(=O)Cc2noc3ccccc23)sc2c1CCCC2. The van der Waals surface area contributed by atoms with Crippen LogP contribution in [0.15, 0.2) is 28.8 Å². The Labute approximate surface area is 170 Å². The zero-order valence-electron chi connectivity index (χ0n) is 15.5. The third-order valence-corrected chi connectivity index (χ3v) is 6.01. The molecule has 2 aromatic heterocycles. The van der Waals surface area contributed by atoms with Gasteiger partial charge in [-0.05, 0) is 43.4 Å². The Morgan fingerprint density at radius 2 is 2.00 bits per heavy atom. The number of amides is 2. The van der Waals surface area contributed by atoms with E-state index >= 15 is 0 Å². The molecule has 4 rings (SSSR count). The Morgan fingerprint density at radius 1 is 1.21 bits per heavy atom. The molecular weight excluding hydrogens is 394 g/mol. The molecular formula is C20H19N3O5S. The highest BCUT2D eigenvalue weighted by Gasteiger charge is 2.25. The molecule has 0 bridgehead atoms. The van der Waals surface area contributed by atoms with Crippen LogP contribution in [0.4, 0.5) is 5.00 Å². The number of anilines is 1. The van der Waals surface area contributed by atoms with Crippen molar-refractivity contribution in [3.8, 4) is 0 Å². The number of fused-ring (bicyclic) bond motifs is 2. The number of esters is 1. The number of ether oxygens (including phenoxy) is 1. The summed E-state index contributed by atoms with van der Waals surface area (Å²) < 4.78 is 10.2. The summed E-state index contributed by atoms with van der Waals surface area (Å²) in [7, 11) is 0. The summed E-state index contributed by atoms with van der Waals surface area (Å²) in [6.45, 7) is -0.463. The second kappa shape index (κ2) is 8.04. The van der Waals surface area contributed by atoms with E-state index in [0.717, 1.165) is 41.5 Å². The van der Waals surface area contributed by atoms with Crippen LogP contribution < -0.4 is 11.1 Å². The monoisotopic (exact) mass is 413 g/mol. The fourth-order valence-electron chi connectivity index (χ4n) is 3.48. The first-order chi connectivity index (χ1) is 14.0. The lowest BCUT2D eigenvalue weighted by Crippen LogP contribution is -2.23. The predicted molar refractivity (Wildman–Crippen MR) is 107 cm³/mol. The third kappa shape index (κ3) is 4.00. The van der Waals surface area contributed by atoms with Gasteiger partial charge in [0.1, 0.15) is 10.7 Å². The summed E-state index contributed by atoms with van der Waals surface area (Å²) >= 11 is 1.36. The van der Waals surface area contributed by atoms with Gasteiger partial charge in [-0.25, -0.2) is 0 Å². The highest BCUT2D eigenvalue weighted by molar-refractivity contribution is 7.17. The van der Waals surface area contributed by atoms with Crippen LogP contribution in [0.2, 0.25) is 0 Å². The van der Waals surface area contributed by atoms with Gasteiger partial charge in [-0.2, -0.15) is 0 Å². The van der Waals surface area contributed by atoms with Crippen molar-refractivity contribution in [3.63, 3.8) is 0 Å². The summed E-state index contributed by atoms with van der Waals surface area (Å²) in [4.78, 5) is 37.3. The van der Waals surface area contributed by atoms with E-state index in [0.29, 0.717) is 21.8 Å². The lowest BCUT2D eigenvalue weighted by atomic mass is 9.95. The summed E-state index contributed by atoms with van der Waals surface area (Å²) in [5.74, 6) is -1.68. The van der Waals surface area contributed by atoms with Crippen molar-refractivity contribution in [1.82, 2.24) is 5.16 Å². The van der Waals surface area contributed by atoms with Crippen LogP contribution in [-0.4, -0.2) is 29.5 Å². The number of aryl methyl sites for hydroxylation is 1. The number of nitrogens with two attached hydrogens (primary N) is 1. The highest BCUT2D eigenvalue weighted by atomic mass is 32.1. The van der Waals surface area contributed by atoms with E-state index in [1.807, 2.05) is 12.1 Å². The van der Waals surface area contributed by atoms with Gasteiger partial charge in [0, 0.05) is 10.3 Å². The first-order valence-electron chi connectivity index (χ1n) is 9.26. The van der Waals surface area contributed by atoms with E-state index in [9.17, 15) is 14.4 Å². The lowest BCUT2D eigenvalue weighted by Gasteiger charge is -2.11. The van der Waals surface area contributed by atoms with Gasteiger partial charge in [0.2, 0.25) is 0 Å². The van der Waals surface area contributed by atoms with Gasteiger partial charge >= 0.3 is 5.97 Å². The van der Waals surface area contributed by atoms with Gasteiger partial charge in [0.25, 0.3) is 11.8 Å². The van der Waals surface area contributed by atoms with Crippen molar-refractivity contribution < 1.29 is 23.6 Å². The maximum absolute atomic E-state index is 12.3. The van der Waals surface area contributed by atoms with Crippen LogP contribution in [0.5, 0.6) is 0 Å². The second-order valence-corrected chi connectivity index (χ2v) is 7.90. The largest absolute Gasteiger partial charge is 0.455 e. The van der Waals surface area contributed by atoms with Gasteiger partial charge in [-0.1, -0.05) is 17.3 Å². The first kappa shape index (κ1) is 19.1. The molecule has 9 heteroatoms. The molecule has 0 radical (unpaired) electrons. The molecule has 150 valence electrons. The molecule has 29 heavy (non-hydrogen) atoms. The van der Waals surface area contributed by atoms with E-state index < -0.39 is 24.4 Å². The Morgan fingerprint density at radius 3 is 2.83 bits per heavy atom. The van der Waals surface area contributed by atoms with Crippen molar-refractivity contribution in [3.05, 3.63) is 46.0 Å². The zero-order valence-corrected chi connectivity index (χ0v) is 16.3. The number of thiophene rings is 1. The minimum Gasteiger partial charge on any atom is -0.455 e. The molecule has 0 saturated carbocycles. The number of primary amides is 1. The molecule has 8 nitrogen and oxygen atoms in total. The van der Waals surface area contributed by atoms with E-state index in [1.165, 1.54) is 11.3 Å². The predicted octanol–water partition coefficient (Wildman–Crippen LogP) is 2.59. The topological polar surface area (TPSA) is 125 Å². The smallest absolute Gasteiger partial charge is 0.312 e. The number of carbonyl (C=O) groups excluding carboxylic acids is 3. The van der Waals surface area contributed by atoms with Crippen LogP contribution in [0.1, 0.15) is 39.3 Å². The van der Waals surface area contributed by atoms with Crippen molar-refractivity contribution in [2.24, 2.45) is 5.73 Å². The molecule has 0 fully saturated rings. The van der Waals surface area contributed by atoms with Crippen LogP contribution >= 0.6 is 11.3 Å². The third-order valence-electron chi connectivity index (χ3n) is 4.80. The Balaban J connectivity index is 1.37. The molecule has 2 heterocycles. The standard InChI is InChI=1S/C20H19N3O5S/c21-19(26)18-12-6-2-4-8-15(12)29-20(18)22-16(24)10-27-17(25)9-13-11-5-1-3-7-14(11)28-23-13/h1,3,5,7H,2,4,6,8-10H2,(H2,21,26)(H,22,24). The molecule has 0 aliphatic heterocycles. The van der Waals surface area contributed by atoms with Crippen molar-refractivity contribution in [1.29, 1.82) is 0 Å². The minimum absolute atomic E-state index is 0.107. The van der Waals surface area contributed by atoms with Gasteiger partial charge in [0.05, 0.1) is 12.0 Å². The van der Waals surface area contributed by atoms with Crippen LogP contribution in [0.3, 0.4) is 0 Å². The van der Waals surface area contributed by atoms with Gasteiger partial charge in [0.15, 0.2) is 12.2 Å². The lowest BCUT2D eigenvalue weighted by molar-refractivity contribution is -0.146. The van der Waals surface area contributed by atoms with Crippen molar-refractivity contribution >= 4 is 45.1 Å². The number of benzene rings is 1. The summed E-state index contributed by atoms with van der Waals surface area (Å²) in [5.41, 5.74) is 7.85. The minimum atomic E-state index is -0.597. The second-order valence-electron chi connectivity index (χ2n) is 6.79. The number of hydrogen-bond donors (Lipinski definition) is 2. The van der Waals surface area contributed by atoms with E-state index in [1.54, 1.807) is 12.1 Å². The van der Waals surface area contributed by atoms with Gasteiger partial charge < -0.3 is 20.3 Å². The Bertz CT molecular complexity index is 1100. The normalized spacial score (nSPS) is 13.1. The maximum atomic E-state index is 12.3. The van der Waals surface area contributed by atoms with E-state index in [-0.39, 0.29) is 6.42 Å². The Kier molecular flexibility index (Phi) is 5.30. The van der Waals surface area contributed by atoms with E-state index in [2.05, 4.69) is 10.5 Å². The average Bonchev–Trinajstić information content (AvgIpc) is 3.27. The quantitative estimate of drug-likeness (QED) is 0.599. The van der Waals surface area contributed by atoms with Crippen LogP contribution in [-0.2, 0) is 33.6 Å². The van der Waals surface area contributed by atoms with E-state index in [4.69, 9.17) is 15.0 Å². The molecule has 1 aliphatic rings. The molecule has 0 spiro atoms.